The number of hydrogen-bond donors (Lipinski definition) is 2. The number of carbonyl (C=O) groups excluding carboxylic acids is 1. The summed E-state index contributed by atoms with van der Waals surface area (Å²) in [5.74, 6) is 0. The number of unbranched alkanes of at least 4 members (excludes halogenated alkanes) is 1. The van der Waals surface area contributed by atoms with E-state index < -0.39 is 0 Å². The molecule has 0 saturated heterocycles. The molecule has 1 aromatic carbocycles. The largest absolute Gasteiger partial charge is 0.395 e. The van der Waals surface area contributed by atoms with Gasteiger partial charge in [-0.25, -0.2) is 9.48 Å². The Morgan fingerprint density at radius 3 is 2.71 bits per heavy atom. The summed E-state index contributed by atoms with van der Waals surface area (Å²) in [6.07, 6.45) is 1.92. The highest BCUT2D eigenvalue weighted by Crippen LogP contribution is 2.17. The number of amides is 2. The number of benzene rings is 1. The van der Waals surface area contributed by atoms with E-state index in [1.165, 1.54) is 0 Å². The molecule has 0 radical (unpaired) electrons. The first-order valence-corrected chi connectivity index (χ1v) is 8.35. The Hall–Kier alpha value is -2.34. The molecule has 0 fully saturated rings. The predicted octanol–water partition coefficient (Wildman–Crippen LogP) is 3.12. The van der Waals surface area contributed by atoms with Crippen molar-refractivity contribution in [1.29, 1.82) is 0 Å². The molecular weight excluding hydrogens is 304 g/mol. The third kappa shape index (κ3) is 4.58. The first-order chi connectivity index (χ1) is 11.5. The molecule has 0 saturated carbocycles. The van der Waals surface area contributed by atoms with Gasteiger partial charge in [-0.05, 0) is 44.5 Å². The summed E-state index contributed by atoms with van der Waals surface area (Å²) in [5, 5.41) is 16.5. The standard InChI is InChI=1S/C18H26N4O2/c1-4-5-9-21(10-11-23)18(24)19-16-7-6-8-17(13-16)22-15(3)12-14(2)20-22/h6-8,12-13,23H,4-5,9-11H2,1-3H3,(H,19,24). The summed E-state index contributed by atoms with van der Waals surface area (Å²) in [7, 11) is 0. The average molecular weight is 330 g/mol. The Labute approximate surface area is 143 Å². The molecule has 0 unspecified atom stereocenters. The first kappa shape index (κ1) is 18.0. The summed E-state index contributed by atoms with van der Waals surface area (Å²) in [5.41, 5.74) is 3.61. The molecule has 0 aliphatic rings. The fourth-order valence-electron chi connectivity index (χ4n) is 2.59. The molecule has 0 aliphatic heterocycles. The van der Waals surface area contributed by atoms with Crippen LogP contribution in [-0.2, 0) is 0 Å². The van der Waals surface area contributed by atoms with Gasteiger partial charge in [0.05, 0.1) is 18.0 Å². The molecule has 0 spiro atoms. The summed E-state index contributed by atoms with van der Waals surface area (Å²) in [6, 6.07) is 9.42. The minimum atomic E-state index is -0.192. The molecule has 1 heterocycles. The lowest BCUT2D eigenvalue weighted by atomic mass is 10.2. The molecule has 0 atom stereocenters. The maximum absolute atomic E-state index is 12.4. The summed E-state index contributed by atoms with van der Waals surface area (Å²) in [4.78, 5) is 14.0. The third-order valence-corrected chi connectivity index (χ3v) is 3.79. The van der Waals surface area contributed by atoms with E-state index in [2.05, 4.69) is 17.3 Å². The van der Waals surface area contributed by atoms with Crippen LogP contribution in [0.5, 0.6) is 0 Å². The SMILES string of the molecule is CCCCN(CCO)C(=O)Nc1cccc(-n2nc(C)cc2C)c1. The van der Waals surface area contributed by atoms with Gasteiger partial charge in [0, 0.05) is 24.5 Å². The average Bonchev–Trinajstić information content (AvgIpc) is 2.90. The van der Waals surface area contributed by atoms with E-state index in [4.69, 9.17) is 5.11 Å². The highest BCUT2D eigenvalue weighted by molar-refractivity contribution is 5.89. The van der Waals surface area contributed by atoms with Crippen LogP contribution < -0.4 is 5.32 Å². The van der Waals surface area contributed by atoms with Gasteiger partial charge in [0.1, 0.15) is 0 Å². The van der Waals surface area contributed by atoms with Crippen molar-refractivity contribution >= 4 is 11.7 Å². The molecule has 2 aromatic rings. The van der Waals surface area contributed by atoms with Crippen LogP contribution in [-0.4, -0.2) is 45.5 Å². The van der Waals surface area contributed by atoms with Crippen LogP contribution in [0, 0.1) is 13.8 Å². The molecule has 6 nitrogen and oxygen atoms in total. The van der Waals surface area contributed by atoms with Crippen molar-refractivity contribution in [2.45, 2.75) is 33.6 Å². The number of aromatic nitrogens is 2. The van der Waals surface area contributed by atoms with Crippen LogP contribution in [0.1, 0.15) is 31.2 Å². The number of carbonyl (C=O) groups is 1. The Morgan fingerprint density at radius 1 is 1.29 bits per heavy atom. The van der Waals surface area contributed by atoms with E-state index in [9.17, 15) is 4.79 Å². The first-order valence-electron chi connectivity index (χ1n) is 8.35. The van der Waals surface area contributed by atoms with E-state index in [0.717, 1.165) is 29.9 Å². The second kappa shape index (κ2) is 8.49. The van der Waals surface area contributed by atoms with Crippen molar-refractivity contribution in [3.63, 3.8) is 0 Å². The number of nitrogens with zero attached hydrogens (tertiary/aromatic N) is 3. The third-order valence-electron chi connectivity index (χ3n) is 3.79. The van der Waals surface area contributed by atoms with Crippen LogP contribution in [0.2, 0.25) is 0 Å². The van der Waals surface area contributed by atoms with Gasteiger partial charge in [-0.3, -0.25) is 0 Å². The van der Waals surface area contributed by atoms with Crippen molar-refractivity contribution in [3.05, 3.63) is 41.7 Å². The van der Waals surface area contributed by atoms with Gasteiger partial charge >= 0.3 is 6.03 Å². The van der Waals surface area contributed by atoms with Gasteiger partial charge in [0.25, 0.3) is 0 Å². The number of nitrogens with one attached hydrogen (secondary N) is 1. The topological polar surface area (TPSA) is 70.4 Å². The Morgan fingerprint density at radius 2 is 2.08 bits per heavy atom. The van der Waals surface area contributed by atoms with Crippen molar-refractivity contribution in [2.24, 2.45) is 0 Å². The summed E-state index contributed by atoms with van der Waals surface area (Å²) in [6.45, 7) is 6.97. The quantitative estimate of drug-likeness (QED) is 0.819. The van der Waals surface area contributed by atoms with Crippen LogP contribution in [0.4, 0.5) is 10.5 Å². The molecule has 0 aliphatic carbocycles. The van der Waals surface area contributed by atoms with Crippen molar-refractivity contribution in [3.8, 4) is 5.69 Å². The second-order valence-corrected chi connectivity index (χ2v) is 5.88. The molecule has 2 N–H and O–H groups in total. The minimum Gasteiger partial charge on any atom is -0.395 e. The number of rotatable bonds is 7. The predicted molar refractivity (Wildman–Crippen MR) is 95.6 cm³/mol. The summed E-state index contributed by atoms with van der Waals surface area (Å²) >= 11 is 0. The second-order valence-electron chi connectivity index (χ2n) is 5.88. The minimum absolute atomic E-state index is 0.0388. The van der Waals surface area contributed by atoms with Gasteiger partial charge in [-0.2, -0.15) is 5.10 Å². The van der Waals surface area contributed by atoms with Crippen LogP contribution in [0.15, 0.2) is 30.3 Å². The molecule has 24 heavy (non-hydrogen) atoms. The van der Waals surface area contributed by atoms with Crippen molar-refractivity contribution in [1.82, 2.24) is 14.7 Å². The smallest absolute Gasteiger partial charge is 0.321 e. The Bertz CT molecular complexity index is 681. The van der Waals surface area contributed by atoms with Crippen LogP contribution in [0.25, 0.3) is 5.69 Å². The molecule has 1 aromatic heterocycles. The van der Waals surface area contributed by atoms with Crippen molar-refractivity contribution < 1.29 is 9.90 Å². The molecule has 2 amide bonds. The molecular formula is C18H26N4O2. The lowest BCUT2D eigenvalue weighted by molar-refractivity contribution is 0.187. The van der Waals surface area contributed by atoms with E-state index in [1.54, 1.807) is 4.90 Å². The number of aliphatic hydroxyl groups excluding tert-OH is 1. The van der Waals surface area contributed by atoms with Gasteiger partial charge < -0.3 is 15.3 Å². The maximum Gasteiger partial charge on any atom is 0.321 e. The zero-order chi connectivity index (χ0) is 17.5. The Kier molecular flexibility index (Phi) is 6.37. The number of urea groups is 1. The van der Waals surface area contributed by atoms with Gasteiger partial charge in [0.2, 0.25) is 0 Å². The molecule has 2 rings (SSSR count). The lowest BCUT2D eigenvalue weighted by Crippen LogP contribution is -2.37. The molecule has 6 heteroatoms. The number of hydrogen-bond acceptors (Lipinski definition) is 3. The summed E-state index contributed by atoms with van der Waals surface area (Å²) < 4.78 is 1.85. The highest BCUT2D eigenvalue weighted by atomic mass is 16.3. The van der Waals surface area contributed by atoms with E-state index in [1.807, 2.05) is 48.9 Å². The zero-order valence-electron chi connectivity index (χ0n) is 14.6. The zero-order valence-corrected chi connectivity index (χ0v) is 14.6. The number of aryl methyl sites for hydroxylation is 2. The monoisotopic (exact) mass is 330 g/mol. The van der Waals surface area contributed by atoms with Gasteiger partial charge in [0.15, 0.2) is 0 Å². The highest BCUT2D eigenvalue weighted by Gasteiger charge is 2.13. The van der Waals surface area contributed by atoms with E-state index >= 15 is 0 Å². The maximum atomic E-state index is 12.4. The molecule has 130 valence electrons. The normalized spacial score (nSPS) is 10.7. The van der Waals surface area contributed by atoms with Crippen LogP contribution >= 0.6 is 0 Å². The number of anilines is 1. The van der Waals surface area contributed by atoms with Crippen LogP contribution in [0.3, 0.4) is 0 Å². The lowest BCUT2D eigenvalue weighted by Gasteiger charge is -2.22. The number of aliphatic hydroxyl groups is 1. The Balaban J connectivity index is 2.13. The fourth-order valence-corrected chi connectivity index (χ4v) is 2.59. The van der Waals surface area contributed by atoms with E-state index in [0.29, 0.717) is 18.8 Å². The van der Waals surface area contributed by atoms with Gasteiger partial charge in [-0.15, -0.1) is 0 Å². The fraction of sp³-hybridized carbons (Fsp3) is 0.444. The van der Waals surface area contributed by atoms with Gasteiger partial charge in [-0.1, -0.05) is 19.4 Å². The molecule has 0 bridgehead atoms. The van der Waals surface area contributed by atoms with E-state index in [-0.39, 0.29) is 12.6 Å². The van der Waals surface area contributed by atoms with Crippen molar-refractivity contribution in [2.75, 3.05) is 25.0 Å².